The second-order valence-corrected chi connectivity index (χ2v) is 30.2. The summed E-state index contributed by atoms with van der Waals surface area (Å²) in [5.74, 6) is -0.144. The van der Waals surface area contributed by atoms with Crippen molar-refractivity contribution in [2.75, 3.05) is 0 Å². The van der Waals surface area contributed by atoms with E-state index < -0.39 is 0 Å². The van der Waals surface area contributed by atoms with Crippen LogP contribution in [-0.4, -0.2) is 0 Å². The van der Waals surface area contributed by atoms with E-state index in [0.717, 1.165) is 44.4 Å². The van der Waals surface area contributed by atoms with Crippen molar-refractivity contribution in [3.63, 3.8) is 0 Å². The van der Waals surface area contributed by atoms with E-state index in [4.69, 9.17) is 13.3 Å². The fourth-order valence-electron chi connectivity index (χ4n) is 19.4. The molecule has 3 nitrogen and oxygen atoms in total. The highest BCUT2D eigenvalue weighted by Crippen LogP contribution is 2.66. The van der Waals surface area contributed by atoms with E-state index in [1.165, 1.54) is 166 Å². The number of hydrogen-bond acceptors (Lipinski definition) is 3. The van der Waals surface area contributed by atoms with E-state index in [1.54, 1.807) is 0 Å². The third-order valence-corrected chi connectivity index (χ3v) is 23.5. The van der Waals surface area contributed by atoms with Gasteiger partial charge in [0.05, 0.1) is 0 Å². The summed E-state index contributed by atoms with van der Waals surface area (Å²) in [4.78, 5) is 0. The molecule has 3 heteroatoms. The highest BCUT2D eigenvalue weighted by atomic mass is 16.3. The first-order chi connectivity index (χ1) is 44.3. The van der Waals surface area contributed by atoms with Gasteiger partial charge in [0.2, 0.25) is 0 Å². The minimum absolute atomic E-state index is 0.144. The smallest absolute Gasteiger partial charge is 0.144 e. The van der Waals surface area contributed by atoms with Crippen molar-refractivity contribution in [2.24, 2.45) is 0 Å². The van der Waals surface area contributed by atoms with Crippen LogP contribution < -0.4 is 0 Å². The van der Waals surface area contributed by atoms with Gasteiger partial charge in [-0.05, 0) is 154 Å². The van der Waals surface area contributed by atoms with Crippen LogP contribution in [0.4, 0.5) is 0 Å². The van der Waals surface area contributed by atoms with Gasteiger partial charge in [0.1, 0.15) is 33.5 Å². The molecule has 0 N–H and O–H groups in total. The quantitative estimate of drug-likeness (QED) is 0.165. The lowest BCUT2D eigenvalue weighted by atomic mass is 9.71. The Labute approximate surface area is 536 Å². The fourth-order valence-corrected chi connectivity index (χ4v) is 19.4. The molecular weight excluding hydrogens is 1120 g/mol. The van der Waals surface area contributed by atoms with E-state index >= 15 is 0 Å². The average molecular weight is 1190 g/mol. The number of para-hydroxylation sites is 3. The average Bonchev–Trinajstić information content (AvgIpc) is 1.51. The van der Waals surface area contributed by atoms with Gasteiger partial charge in [-0.15, -0.1) is 0 Å². The van der Waals surface area contributed by atoms with Crippen molar-refractivity contribution >= 4 is 65.8 Å². The highest BCUT2D eigenvalue weighted by Gasteiger charge is 2.51. The predicted molar refractivity (Wildman–Crippen MR) is 380 cm³/mol. The Morgan fingerprint density at radius 2 is 0.641 bits per heavy atom. The highest BCUT2D eigenvalue weighted by molar-refractivity contribution is 6.23. The van der Waals surface area contributed by atoms with Gasteiger partial charge < -0.3 is 13.3 Å². The summed E-state index contributed by atoms with van der Waals surface area (Å²) in [6, 6.07) is 78.3. The zero-order valence-electron chi connectivity index (χ0n) is 53.9. The summed E-state index contributed by atoms with van der Waals surface area (Å²) in [5.41, 5.74) is 38.0. The Balaban J connectivity index is 0.840. The van der Waals surface area contributed by atoms with Crippen LogP contribution >= 0.6 is 0 Å². The molecule has 442 valence electrons. The summed E-state index contributed by atoms with van der Waals surface area (Å²) in [7, 11) is 0. The van der Waals surface area contributed by atoms with Crippen LogP contribution in [0.2, 0.25) is 0 Å². The van der Waals surface area contributed by atoms with Gasteiger partial charge in [0.15, 0.2) is 0 Å². The summed E-state index contributed by atoms with van der Waals surface area (Å²) in [5, 5.41) is 7.13. The molecule has 0 aliphatic heterocycles. The molecule has 15 aromatic rings. The van der Waals surface area contributed by atoms with Crippen LogP contribution in [-0.2, 0) is 27.1 Å². The molecule has 0 unspecified atom stereocenters. The molecule has 92 heavy (non-hydrogen) atoms. The molecule has 0 fully saturated rings. The van der Waals surface area contributed by atoms with E-state index in [2.05, 4.69) is 282 Å². The number of fused-ring (bicyclic) bond motifs is 31. The van der Waals surface area contributed by atoms with Crippen LogP contribution in [0.1, 0.15) is 153 Å². The minimum atomic E-state index is -0.373. The third kappa shape index (κ3) is 6.29. The molecule has 0 radical (unpaired) electrons. The van der Waals surface area contributed by atoms with Gasteiger partial charge >= 0.3 is 0 Å². The predicted octanol–water partition coefficient (Wildman–Crippen LogP) is 24.1. The van der Waals surface area contributed by atoms with Crippen molar-refractivity contribution in [1.29, 1.82) is 0 Å². The Morgan fingerprint density at radius 1 is 0.272 bits per heavy atom. The van der Waals surface area contributed by atoms with Crippen LogP contribution in [0.25, 0.3) is 133 Å². The van der Waals surface area contributed by atoms with E-state index in [9.17, 15) is 0 Å². The lowest BCUT2D eigenvalue weighted by Crippen LogP contribution is -2.24. The SMILES string of the molecule is Cc1cccc(-c2cc3c(c4c2oc2ccccc24)-c2ccc(C(c4ccc5c(c4)C(C)(C)c4c6c(c7oc8ccccc8c7c4-5)-c4ccccc4C6(C)C)c4ccc5c(c4)C(C)(C)c4c6c(c7oc8ccccc8c7c4-5)-c4ccccc4C6(C)C)cc2C3(C)C)c1. The summed E-state index contributed by atoms with van der Waals surface area (Å²) in [6.07, 6.45) is 0. The summed E-state index contributed by atoms with van der Waals surface area (Å²) >= 11 is 0. The molecule has 0 atom stereocenters. The molecule has 12 aromatic carbocycles. The van der Waals surface area contributed by atoms with Crippen molar-refractivity contribution in [1.82, 2.24) is 0 Å². The van der Waals surface area contributed by atoms with Crippen LogP contribution in [0.3, 0.4) is 0 Å². The second kappa shape index (κ2) is 17.1. The molecule has 0 saturated carbocycles. The van der Waals surface area contributed by atoms with Crippen LogP contribution in [0.15, 0.2) is 220 Å². The number of benzene rings is 12. The van der Waals surface area contributed by atoms with E-state index in [1.807, 2.05) is 0 Å². The van der Waals surface area contributed by atoms with Crippen LogP contribution in [0.5, 0.6) is 0 Å². The second-order valence-electron chi connectivity index (χ2n) is 30.2. The first-order valence-corrected chi connectivity index (χ1v) is 33.1. The van der Waals surface area contributed by atoms with Gasteiger partial charge in [-0.25, -0.2) is 0 Å². The van der Waals surface area contributed by atoms with Crippen molar-refractivity contribution in [3.05, 3.63) is 284 Å². The van der Waals surface area contributed by atoms with Gasteiger partial charge in [-0.2, -0.15) is 0 Å². The number of rotatable bonds is 4. The molecule has 0 saturated heterocycles. The van der Waals surface area contributed by atoms with Gasteiger partial charge in [0.25, 0.3) is 0 Å². The molecule has 5 aliphatic carbocycles. The van der Waals surface area contributed by atoms with Gasteiger partial charge in [0, 0.05) is 82.0 Å². The molecule has 3 heterocycles. The molecule has 0 spiro atoms. The maximum atomic E-state index is 7.14. The Kier molecular flexibility index (Phi) is 9.83. The van der Waals surface area contributed by atoms with Crippen molar-refractivity contribution in [2.45, 2.75) is 109 Å². The van der Waals surface area contributed by atoms with Gasteiger partial charge in [-0.3, -0.25) is 0 Å². The lowest BCUT2D eigenvalue weighted by Gasteiger charge is -2.31. The van der Waals surface area contributed by atoms with E-state index in [0.29, 0.717) is 0 Å². The zero-order valence-corrected chi connectivity index (χ0v) is 53.9. The topological polar surface area (TPSA) is 39.4 Å². The maximum Gasteiger partial charge on any atom is 0.144 e. The Bertz CT molecular complexity index is 5680. The normalized spacial score (nSPS) is 16.5. The third-order valence-electron chi connectivity index (χ3n) is 23.5. The van der Waals surface area contributed by atoms with E-state index in [-0.39, 0.29) is 33.0 Å². The van der Waals surface area contributed by atoms with Crippen molar-refractivity contribution < 1.29 is 13.3 Å². The minimum Gasteiger partial charge on any atom is -0.455 e. The van der Waals surface area contributed by atoms with Crippen LogP contribution in [0, 0.1) is 6.92 Å². The zero-order chi connectivity index (χ0) is 62.2. The largest absolute Gasteiger partial charge is 0.455 e. The fraction of sp³-hybridized carbons (Fsp3) is 0.191. The first-order valence-electron chi connectivity index (χ1n) is 33.1. The maximum absolute atomic E-state index is 7.14. The molecule has 0 amide bonds. The summed E-state index contributed by atoms with van der Waals surface area (Å²) in [6.45, 7) is 26.8. The first kappa shape index (κ1) is 52.8. The molecule has 20 rings (SSSR count). The van der Waals surface area contributed by atoms with Gasteiger partial charge in [-0.1, -0.05) is 257 Å². The number of hydrogen-bond donors (Lipinski definition) is 0. The molecular formula is C89H68O3. The number of aryl methyl sites for hydroxylation is 1. The Hall–Kier alpha value is -9.96. The van der Waals surface area contributed by atoms with Crippen molar-refractivity contribution in [3.8, 4) is 66.8 Å². The standard InChI is InChI=1S/C89H68O3/c1-46-23-22-24-47(41-46)59-45-65-70(73-56-27-14-19-32-66(56)90-82(59)73)53-38-35-48(42-62(53)85(65,2)3)69(49-36-39-54-63(43-49)88(8,9)78-71(54)74-57-28-15-20-33-67(57)91-83(74)76-51-25-12-17-30-60(51)86(4,5)80(76)78)50-37-40-55-64(44-50)89(10,11)79-72(55)75-58-29-16-21-34-68(58)92-84(75)77-52-26-13-18-31-61(52)87(6,7)81(77)79/h12-45,69H,1-11H3. The lowest BCUT2D eigenvalue weighted by molar-refractivity contribution is 0.599. The molecule has 0 bridgehead atoms. The Morgan fingerprint density at radius 3 is 1.11 bits per heavy atom. The monoisotopic (exact) mass is 1180 g/mol. The summed E-state index contributed by atoms with van der Waals surface area (Å²) < 4.78 is 21.3. The number of furan rings is 3. The molecule has 5 aliphatic rings. The molecule has 3 aromatic heterocycles.